The lowest BCUT2D eigenvalue weighted by Gasteiger charge is -2.06. The van der Waals surface area contributed by atoms with E-state index in [1.54, 1.807) is 0 Å². The van der Waals surface area contributed by atoms with Crippen LogP contribution in [0.2, 0.25) is 0 Å². The van der Waals surface area contributed by atoms with Crippen LogP contribution < -0.4 is 0 Å². The molecule has 0 atom stereocenters. The summed E-state index contributed by atoms with van der Waals surface area (Å²) in [6.45, 7) is -0.427. The maximum Gasteiger partial charge on any atom is 0.149 e. The quantitative estimate of drug-likeness (QED) is 0.873. The standard InChI is InChI=1S/C12H8F3NO/c13-8-2-1-3-9(14)11(8)12-10(15)5-4-7(6-17)16-12/h1-5,17H,6H2. The number of aliphatic hydroxyl groups is 1. The van der Waals surface area contributed by atoms with E-state index in [-0.39, 0.29) is 5.69 Å². The maximum atomic E-state index is 13.5. The Kier molecular flexibility index (Phi) is 3.10. The second-order valence-electron chi connectivity index (χ2n) is 3.39. The van der Waals surface area contributed by atoms with Crippen molar-refractivity contribution in [2.45, 2.75) is 6.61 Å². The molecule has 0 unspecified atom stereocenters. The van der Waals surface area contributed by atoms with Crippen molar-refractivity contribution in [3.8, 4) is 11.3 Å². The van der Waals surface area contributed by atoms with Crippen LogP contribution in [0.4, 0.5) is 13.2 Å². The second kappa shape index (κ2) is 4.55. The third-order valence-corrected chi connectivity index (χ3v) is 2.27. The van der Waals surface area contributed by atoms with Gasteiger partial charge in [0, 0.05) is 0 Å². The number of halogens is 3. The third kappa shape index (κ3) is 2.14. The summed E-state index contributed by atoms with van der Waals surface area (Å²) in [6.07, 6.45) is 0. The highest BCUT2D eigenvalue weighted by atomic mass is 19.1. The van der Waals surface area contributed by atoms with Gasteiger partial charge in [-0.25, -0.2) is 18.2 Å². The number of benzene rings is 1. The highest BCUT2D eigenvalue weighted by Gasteiger charge is 2.16. The van der Waals surface area contributed by atoms with E-state index < -0.39 is 35.3 Å². The molecule has 1 aromatic carbocycles. The first-order valence-electron chi connectivity index (χ1n) is 4.84. The highest BCUT2D eigenvalue weighted by Crippen LogP contribution is 2.26. The molecule has 0 radical (unpaired) electrons. The number of nitrogens with zero attached hydrogens (tertiary/aromatic N) is 1. The third-order valence-electron chi connectivity index (χ3n) is 2.27. The molecular weight excluding hydrogens is 231 g/mol. The minimum absolute atomic E-state index is 0.143. The zero-order chi connectivity index (χ0) is 12.4. The molecule has 1 N–H and O–H groups in total. The topological polar surface area (TPSA) is 33.1 Å². The molecule has 17 heavy (non-hydrogen) atoms. The van der Waals surface area contributed by atoms with Crippen LogP contribution in [0.25, 0.3) is 11.3 Å². The number of hydrogen-bond acceptors (Lipinski definition) is 2. The van der Waals surface area contributed by atoms with E-state index in [0.717, 1.165) is 18.2 Å². The largest absolute Gasteiger partial charge is 0.390 e. The smallest absolute Gasteiger partial charge is 0.149 e. The number of hydrogen-bond donors (Lipinski definition) is 1. The lowest BCUT2D eigenvalue weighted by molar-refractivity contribution is 0.276. The number of aliphatic hydroxyl groups excluding tert-OH is 1. The minimum Gasteiger partial charge on any atom is -0.390 e. The Morgan fingerprint density at radius 2 is 1.59 bits per heavy atom. The van der Waals surface area contributed by atoms with Gasteiger partial charge in [-0.15, -0.1) is 0 Å². The molecule has 0 bridgehead atoms. The molecule has 2 nitrogen and oxygen atoms in total. The van der Waals surface area contributed by atoms with Gasteiger partial charge in [0.2, 0.25) is 0 Å². The van der Waals surface area contributed by atoms with Crippen LogP contribution in [-0.2, 0) is 6.61 Å². The Morgan fingerprint density at radius 3 is 2.18 bits per heavy atom. The Hall–Kier alpha value is -1.88. The molecule has 5 heteroatoms. The van der Waals surface area contributed by atoms with Crippen molar-refractivity contribution in [3.63, 3.8) is 0 Å². The van der Waals surface area contributed by atoms with Gasteiger partial charge >= 0.3 is 0 Å². The summed E-state index contributed by atoms with van der Waals surface area (Å²) in [5.74, 6) is -2.64. The molecule has 1 heterocycles. The minimum atomic E-state index is -0.897. The summed E-state index contributed by atoms with van der Waals surface area (Å²) in [7, 11) is 0. The summed E-state index contributed by atoms with van der Waals surface area (Å²) in [6, 6.07) is 5.48. The lowest BCUT2D eigenvalue weighted by atomic mass is 10.1. The lowest BCUT2D eigenvalue weighted by Crippen LogP contribution is -1.99. The zero-order valence-electron chi connectivity index (χ0n) is 8.62. The van der Waals surface area contributed by atoms with Gasteiger partial charge in [0.25, 0.3) is 0 Å². The molecule has 0 fully saturated rings. The Labute approximate surface area is 95.4 Å². The van der Waals surface area contributed by atoms with Crippen LogP contribution in [0.15, 0.2) is 30.3 Å². The van der Waals surface area contributed by atoms with Crippen molar-refractivity contribution in [1.82, 2.24) is 4.98 Å². The first-order valence-corrected chi connectivity index (χ1v) is 4.84. The molecule has 88 valence electrons. The van der Waals surface area contributed by atoms with Gasteiger partial charge in [-0.1, -0.05) is 6.07 Å². The van der Waals surface area contributed by atoms with E-state index >= 15 is 0 Å². The van der Waals surface area contributed by atoms with Gasteiger partial charge in [0.05, 0.1) is 17.9 Å². The van der Waals surface area contributed by atoms with E-state index in [9.17, 15) is 13.2 Å². The number of rotatable bonds is 2. The van der Waals surface area contributed by atoms with E-state index in [4.69, 9.17) is 5.11 Å². The van der Waals surface area contributed by atoms with Gasteiger partial charge in [0.15, 0.2) is 0 Å². The highest BCUT2D eigenvalue weighted by molar-refractivity contribution is 5.61. The van der Waals surface area contributed by atoms with Crippen LogP contribution >= 0.6 is 0 Å². The van der Waals surface area contributed by atoms with Crippen molar-refractivity contribution in [1.29, 1.82) is 0 Å². The molecule has 0 saturated carbocycles. The van der Waals surface area contributed by atoms with Crippen molar-refractivity contribution < 1.29 is 18.3 Å². The maximum absolute atomic E-state index is 13.5. The van der Waals surface area contributed by atoms with E-state index in [1.165, 1.54) is 12.1 Å². The van der Waals surface area contributed by atoms with Gasteiger partial charge in [0.1, 0.15) is 23.1 Å². The van der Waals surface area contributed by atoms with Gasteiger partial charge < -0.3 is 5.11 Å². The summed E-state index contributed by atoms with van der Waals surface area (Å²) < 4.78 is 40.4. The van der Waals surface area contributed by atoms with Crippen molar-refractivity contribution in [3.05, 3.63) is 53.5 Å². The van der Waals surface area contributed by atoms with Crippen LogP contribution in [0.5, 0.6) is 0 Å². The molecule has 0 amide bonds. The molecular formula is C12H8F3NO. The Bertz CT molecular complexity index is 537. The van der Waals surface area contributed by atoms with E-state index in [1.807, 2.05) is 0 Å². The fourth-order valence-corrected chi connectivity index (χ4v) is 1.47. The van der Waals surface area contributed by atoms with Crippen molar-refractivity contribution in [2.75, 3.05) is 0 Å². The summed E-state index contributed by atoms with van der Waals surface area (Å²) in [4.78, 5) is 3.68. The van der Waals surface area contributed by atoms with Gasteiger partial charge in [-0.05, 0) is 24.3 Å². The zero-order valence-corrected chi connectivity index (χ0v) is 8.62. The van der Waals surface area contributed by atoms with Gasteiger partial charge in [-0.2, -0.15) is 0 Å². The predicted octanol–water partition coefficient (Wildman–Crippen LogP) is 2.66. The average Bonchev–Trinajstić information content (AvgIpc) is 2.31. The van der Waals surface area contributed by atoms with E-state index in [0.29, 0.717) is 0 Å². The predicted molar refractivity (Wildman–Crippen MR) is 55.5 cm³/mol. The van der Waals surface area contributed by atoms with Crippen LogP contribution in [0.3, 0.4) is 0 Å². The fraction of sp³-hybridized carbons (Fsp3) is 0.0833. The molecule has 0 aliphatic heterocycles. The Balaban J connectivity index is 2.67. The number of aromatic nitrogens is 1. The summed E-state index contributed by atoms with van der Waals surface area (Å²) >= 11 is 0. The summed E-state index contributed by atoms with van der Waals surface area (Å²) in [5, 5.41) is 8.87. The molecule has 1 aromatic heterocycles. The molecule has 2 rings (SSSR count). The normalized spacial score (nSPS) is 10.6. The monoisotopic (exact) mass is 239 g/mol. The number of pyridine rings is 1. The molecule has 2 aromatic rings. The molecule has 0 saturated heterocycles. The van der Waals surface area contributed by atoms with Crippen molar-refractivity contribution in [2.24, 2.45) is 0 Å². The Morgan fingerprint density at radius 1 is 0.941 bits per heavy atom. The van der Waals surface area contributed by atoms with E-state index in [2.05, 4.69) is 4.98 Å². The first kappa shape index (κ1) is 11.6. The molecule has 0 aliphatic carbocycles. The molecule has 0 aliphatic rings. The average molecular weight is 239 g/mol. The summed E-state index contributed by atoms with van der Waals surface area (Å²) in [5.41, 5.74) is -0.823. The SMILES string of the molecule is OCc1ccc(F)c(-c2c(F)cccc2F)n1. The van der Waals surface area contributed by atoms with Crippen molar-refractivity contribution >= 4 is 0 Å². The van der Waals surface area contributed by atoms with Crippen LogP contribution in [0.1, 0.15) is 5.69 Å². The van der Waals surface area contributed by atoms with Gasteiger partial charge in [-0.3, -0.25) is 0 Å². The first-order chi connectivity index (χ1) is 8.13. The van der Waals surface area contributed by atoms with Crippen LogP contribution in [-0.4, -0.2) is 10.1 Å². The fourth-order valence-electron chi connectivity index (χ4n) is 1.47. The second-order valence-corrected chi connectivity index (χ2v) is 3.39. The molecule has 0 spiro atoms. The van der Waals surface area contributed by atoms with Crippen LogP contribution in [0, 0.1) is 17.5 Å².